The first-order valence-corrected chi connectivity index (χ1v) is 12.2. The lowest BCUT2D eigenvalue weighted by atomic mass is 9.64. The van der Waals surface area contributed by atoms with E-state index in [-0.39, 0.29) is 42.6 Å². The third-order valence-electron chi connectivity index (χ3n) is 7.70. The van der Waals surface area contributed by atoms with E-state index in [0.29, 0.717) is 5.56 Å². The van der Waals surface area contributed by atoms with Gasteiger partial charge in [0.15, 0.2) is 0 Å². The van der Waals surface area contributed by atoms with E-state index >= 15 is 0 Å². The average Bonchev–Trinajstić information content (AvgIpc) is 3.70. The summed E-state index contributed by atoms with van der Waals surface area (Å²) in [5.74, 6) is -2.56. The lowest BCUT2D eigenvalue weighted by Gasteiger charge is -2.56. The van der Waals surface area contributed by atoms with Crippen LogP contribution < -0.4 is 4.90 Å². The van der Waals surface area contributed by atoms with Gasteiger partial charge in [-0.25, -0.2) is 4.39 Å². The maximum absolute atomic E-state index is 14.9. The number of piperazine rings is 1. The first-order chi connectivity index (χ1) is 17.9. The van der Waals surface area contributed by atoms with E-state index in [1.807, 2.05) is 6.07 Å². The predicted molar refractivity (Wildman–Crippen MR) is 127 cm³/mol. The van der Waals surface area contributed by atoms with E-state index in [1.165, 1.54) is 29.2 Å². The Hall–Kier alpha value is -3.94. The molecule has 38 heavy (non-hydrogen) atoms. The average molecular weight is 529 g/mol. The van der Waals surface area contributed by atoms with Crippen molar-refractivity contribution in [3.8, 4) is 6.07 Å². The van der Waals surface area contributed by atoms with Crippen LogP contribution in [0, 0.1) is 23.1 Å². The fourth-order valence-corrected chi connectivity index (χ4v) is 5.36. The van der Waals surface area contributed by atoms with E-state index in [9.17, 15) is 31.9 Å². The molecule has 1 spiro atoms. The highest BCUT2D eigenvalue weighted by atomic mass is 19.4. The monoisotopic (exact) mass is 528 g/mol. The predicted octanol–water partition coefficient (Wildman–Crippen LogP) is 3.86. The van der Waals surface area contributed by atoms with Crippen LogP contribution in [0.5, 0.6) is 0 Å². The summed E-state index contributed by atoms with van der Waals surface area (Å²) in [4.78, 5) is 44.3. The van der Waals surface area contributed by atoms with Gasteiger partial charge in [0, 0.05) is 25.6 Å². The van der Waals surface area contributed by atoms with Gasteiger partial charge >= 0.3 is 6.18 Å². The molecule has 11 heteroatoms. The standard InChI is InChI=1S/C27H24F4N4O3/c1-33(20-7-8-20)24(37)18-11-26(12-18)25(38)34(22-9-4-17(13-32)10-21(22)28)15-23(36)35(26)14-16-2-5-19(6-3-16)27(29,30)31/h2-6,9-10,18,20H,7-8,11-12,14-15H2,1H3/t18-,26+. The second kappa shape index (κ2) is 9.11. The Morgan fingerprint density at radius 1 is 1.13 bits per heavy atom. The molecular weight excluding hydrogens is 504 g/mol. The number of anilines is 1. The number of hydrogen-bond donors (Lipinski definition) is 0. The molecule has 3 aliphatic rings. The fourth-order valence-electron chi connectivity index (χ4n) is 5.36. The summed E-state index contributed by atoms with van der Waals surface area (Å²) in [6, 6.07) is 9.89. The van der Waals surface area contributed by atoms with Crippen molar-refractivity contribution < 1.29 is 31.9 Å². The van der Waals surface area contributed by atoms with Gasteiger partial charge < -0.3 is 9.80 Å². The Morgan fingerprint density at radius 2 is 1.79 bits per heavy atom. The van der Waals surface area contributed by atoms with Gasteiger partial charge in [0.2, 0.25) is 11.8 Å². The molecule has 2 aromatic rings. The molecule has 0 atom stereocenters. The van der Waals surface area contributed by atoms with E-state index in [4.69, 9.17) is 5.26 Å². The van der Waals surface area contributed by atoms with Crippen LogP contribution >= 0.6 is 0 Å². The third-order valence-corrected chi connectivity index (χ3v) is 7.70. The Balaban J connectivity index is 1.46. The van der Waals surface area contributed by atoms with Crippen LogP contribution in [0.3, 0.4) is 0 Å². The molecule has 1 heterocycles. The second-order valence-corrected chi connectivity index (χ2v) is 10.2. The number of benzene rings is 2. The molecule has 0 bridgehead atoms. The summed E-state index contributed by atoms with van der Waals surface area (Å²) in [7, 11) is 1.71. The van der Waals surface area contributed by atoms with Crippen molar-refractivity contribution in [1.29, 1.82) is 5.26 Å². The molecule has 0 aromatic heterocycles. The van der Waals surface area contributed by atoms with Crippen molar-refractivity contribution in [3.63, 3.8) is 0 Å². The maximum Gasteiger partial charge on any atom is 0.416 e. The van der Waals surface area contributed by atoms with Crippen LogP contribution in [-0.2, 0) is 27.1 Å². The molecule has 0 radical (unpaired) electrons. The summed E-state index contributed by atoms with van der Waals surface area (Å²) >= 11 is 0. The SMILES string of the molecule is CN(C(=O)[C@H]1C[C@@]2(C1)C(=O)N(c1ccc(C#N)cc1F)CC(=O)N2Cc1ccc(C(F)(F)F)cc1)C1CC1. The van der Waals surface area contributed by atoms with Gasteiger partial charge in [-0.2, -0.15) is 18.4 Å². The number of alkyl halides is 3. The number of hydrogen-bond acceptors (Lipinski definition) is 4. The molecule has 198 valence electrons. The van der Waals surface area contributed by atoms with Crippen LogP contribution in [0.2, 0.25) is 0 Å². The minimum Gasteiger partial charge on any atom is -0.343 e. The van der Waals surface area contributed by atoms with Crippen molar-refractivity contribution >= 4 is 23.4 Å². The van der Waals surface area contributed by atoms with Gasteiger partial charge in [0.1, 0.15) is 17.9 Å². The van der Waals surface area contributed by atoms with Crippen LogP contribution in [-0.4, -0.2) is 52.7 Å². The Morgan fingerprint density at radius 3 is 2.34 bits per heavy atom. The number of nitriles is 1. The minimum atomic E-state index is -4.52. The number of halogens is 4. The Bertz CT molecular complexity index is 1340. The second-order valence-electron chi connectivity index (χ2n) is 10.2. The van der Waals surface area contributed by atoms with Crippen LogP contribution in [0.1, 0.15) is 42.4 Å². The fraction of sp³-hybridized carbons (Fsp3) is 0.407. The summed E-state index contributed by atoms with van der Waals surface area (Å²) < 4.78 is 53.9. The molecule has 5 rings (SSSR count). The van der Waals surface area contributed by atoms with Gasteiger partial charge in [-0.15, -0.1) is 0 Å². The highest BCUT2D eigenvalue weighted by Crippen LogP contribution is 2.49. The van der Waals surface area contributed by atoms with Crippen molar-refractivity contribution in [2.45, 2.75) is 50.0 Å². The van der Waals surface area contributed by atoms with Gasteiger partial charge in [-0.05, 0) is 61.6 Å². The highest BCUT2D eigenvalue weighted by Gasteiger charge is 2.62. The molecule has 0 N–H and O–H groups in total. The van der Waals surface area contributed by atoms with E-state index in [0.717, 1.165) is 35.9 Å². The molecule has 1 saturated heterocycles. The lowest BCUT2D eigenvalue weighted by molar-refractivity contribution is -0.167. The van der Waals surface area contributed by atoms with Crippen molar-refractivity contribution in [1.82, 2.24) is 9.80 Å². The molecule has 2 aliphatic carbocycles. The van der Waals surface area contributed by atoms with Crippen LogP contribution in [0.4, 0.5) is 23.2 Å². The minimum absolute atomic E-state index is 0.0303. The Kier molecular flexibility index (Phi) is 6.16. The zero-order chi connectivity index (χ0) is 27.4. The van der Waals surface area contributed by atoms with E-state index in [1.54, 1.807) is 11.9 Å². The molecule has 1 aliphatic heterocycles. The molecular formula is C27H24F4N4O3. The van der Waals surface area contributed by atoms with Gasteiger partial charge in [0.05, 0.1) is 22.9 Å². The molecule has 7 nitrogen and oxygen atoms in total. The molecule has 2 aromatic carbocycles. The Labute approximate surface area is 216 Å². The molecule has 0 unspecified atom stereocenters. The third kappa shape index (κ3) is 4.38. The van der Waals surface area contributed by atoms with Gasteiger partial charge in [-0.1, -0.05) is 12.1 Å². The van der Waals surface area contributed by atoms with Crippen molar-refractivity contribution in [3.05, 3.63) is 65.0 Å². The summed E-state index contributed by atoms with van der Waals surface area (Å²) in [5, 5.41) is 9.04. The maximum atomic E-state index is 14.9. The van der Waals surface area contributed by atoms with Crippen LogP contribution in [0.25, 0.3) is 0 Å². The first kappa shape index (κ1) is 25.7. The quantitative estimate of drug-likeness (QED) is 0.552. The summed E-state index contributed by atoms with van der Waals surface area (Å²) in [6.45, 7) is -0.615. The number of rotatable bonds is 5. The zero-order valence-electron chi connectivity index (χ0n) is 20.5. The van der Waals surface area contributed by atoms with Gasteiger partial charge in [0.25, 0.3) is 5.91 Å². The number of carbonyl (C=O) groups excluding carboxylic acids is 3. The number of nitrogens with zero attached hydrogens (tertiary/aromatic N) is 4. The van der Waals surface area contributed by atoms with E-state index < -0.39 is 47.4 Å². The highest BCUT2D eigenvalue weighted by molar-refractivity contribution is 6.10. The zero-order valence-corrected chi connectivity index (χ0v) is 20.5. The van der Waals surface area contributed by atoms with E-state index in [2.05, 4.69) is 0 Å². The number of amides is 3. The first-order valence-electron chi connectivity index (χ1n) is 12.2. The van der Waals surface area contributed by atoms with Crippen molar-refractivity contribution in [2.24, 2.45) is 5.92 Å². The number of carbonyl (C=O) groups is 3. The largest absolute Gasteiger partial charge is 0.416 e. The van der Waals surface area contributed by atoms with Crippen molar-refractivity contribution in [2.75, 3.05) is 18.5 Å². The normalized spacial score (nSPS) is 23.3. The van der Waals surface area contributed by atoms with Crippen LogP contribution in [0.15, 0.2) is 42.5 Å². The summed E-state index contributed by atoms with van der Waals surface area (Å²) in [5.41, 5.74) is -1.99. The van der Waals surface area contributed by atoms with Gasteiger partial charge in [-0.3, -0.25) is 19.3 Å². The molecule has 3 fully saturated rings. The smallest absolute Gasteiger partial charge is 0.343 e. The topological polar surface area (TPSA) is 84.7 Å². The molecule has 3 amide bonds. The summed E-state index contributed by atoms with van der Waals surface area (Å²) in [6.07, 6.45) is -2.64. The lowest BCUT2D eigenvalue weighted by Crippen LogP contribution is -2.73. The molecule has 2 saturated carbocycles.